The van der Waals surface area contributed by atoms with Gasteiger partial charge in [0.2, 0.25) is 5.89 Å². The smallest absolute Gasteiger partial charge is 0.341 e. The average molecular weight is 511 g/mol. The zero-order valence-corrected chi connectivity index (χ0v) is 21.4. The monoisotopic (exact) mass is 510 g/mol. The number of carbonyl (C=O) groups is 2. The fraction of sp³-hybridized carbons (Fsp3) is 0.621. The van der Waals surface area contributed by atoms with E-state index in [9.17, 15) is 9.59 Å². The Hall–Kier alpha value is -2.87. The van der Waals surface area contributed by atoms with Gasteiger partial charge >= 0.3 is 5.97 Å². The number of hydrogen-bond acceptors (Lipinski definition) is 6. The van der Waals surface area contributed by atoms with Gasteiger partial charge in [0.05, 0.1) is 18.1 Å². The van der Waals surface area contributed by atoms with Crippen LogP contribution in [0.3, 0.4) is 0 Å². The lowest BCUT2D eigenvalue weighted by Crippen LogP contribution is -2.28. The number of carbonyl (C=O) groups excluding carboxylic acids is 1. The molecule has 3 heterocycles. The number of nitrogens with one attached hydrogen (secondary N) is 1. The maximum absolute atomic E-state index is 12.7. The van der Waals surface area contributed by atoms with E-state index in [1.165, 1.54) is 44.8 Å². The molecule has 2 bridgehead atoms. The Morgan fingerprint density at radius 2 is 1.86 bits per heavy atom. The molecule has 1 aromatic heterocycles. The number of unbranched alkanes of at least 4 members (excludes halogenated alkanes) is 1. The van der Waals surface area contributed by atoms with E-state index in [4.69, 9.17) is 19.0 Å². The SMILES string of the molecule is O=C(O)COc1ccccc1C[C@@H]1[C@H](c2nc(C(=O)NCCCCC3CCCCC3)co2)[C@H]2CC[C@@H]1O2. The van der Waals surface area contributed by atoms with Gasteiger partial charge in [0.1, 0.15) is 12.0 Å². The van der Waals surface area contributed by atoms with Gasteiger partial charge in [-0.1, -0.05) is 63.1 Å². The lowest BCUT2D eigenvalue weighted by atomic mass is 9.76. The molecule has 2 N–H and O–H groups in total. The van der Waals surface area contributed by atoms with E-state index in [-0.39, 0.29) is 36.6 Å². The van der Waals surface area contributed by atoms with Gasteiger partial charge in [-0.3, -0.25) is 4.79 Å². The molecule has 1 amide bonds. The van der Waals surface area contributed by atoms with Crippen LogP contribution in [-0.2, 0) is 16.0 Å². The molecule has 8 heteroatoms. The van der Waals surface area contributed by atoms with Crippen molar-refractivity contribution < 1.29 is 28.6 Å². The minimum absolute atomic E-state index is 0.0106. The Kier molecular flexibility index (Phi) is 8.44. The van der Waals surface area contributed by atoms with Gasteiger partial charge in [0.15, 0.2) is 12.3 Å². The van der Waals surface area contributed by atoms with Crippen molar-refractivity contribution in [3.05, 3.63) is 47.7 Å². The maximum atomic E-state index is 12.7. The highest BCUT2D eigenvalue weighted by molar-refractivity contribution is 5.91. The van der Waals surface area contributed by atoms with Gasteiger partial charge in [-0.05, 0) is 43.2 Å². The highest BCUT2D eigenvalue weighted by Crippen LogP contribution is 2.50. The largest absolute Gasteiger partial charge is 0.482 e. The van der Waals surface area contributed by atoms with Crippen LogP contribution in [0.1, 0.15) is 92.1 Å². The van der Waals surface area contributed by atoms with E-state index < -0.39 is 5.97 Å². The number of rotatable bonds is 12. The van der Waals surface area contributed by atoms with Gasteiger partial charge in [-0.25, -0.2) is 9.78 Å². The number of aliphatic carboxylic acids is 1. The number of benzene rings is 1. The standard InChI is InChI=1S/C29H38N2O6/c32-26(33)18-35-23-12-5-4-11-20(23)16-21-24-13-14-25(37-24)27(21)29-31-22(17-36-29)28(34)30-15-7-6-10-19-8-2-1-3-9-19/h4-5,11-12,17,19,21,24-25,27H,1-3,6-10,13-16,18H2,(H,30,34)(H,32,33)/t21-,24-,25+,27-/m0/s1. The molecule has 200 valence electrons. The van der Waals surface area contributed by atoms with Crippen molar-refractivity contribution in [3.8, 4) is 5.75 Å². The summed E-state index contributed by atoms with van der Waals surface area (Å²) in [5.41, 5.74) is 1.25. The molecule has 3 aliphatic rings. The molecule has 0 radical (unpaired) electrons. The van der Waals surface area contributed by atoms with Crippen LogP contribution in [0.2, 0.25) is 0 Å². The van der Waals surface area contributed by atoms with Gasteiger partial charge in [0.25, 0.3) is 5.91 Å². The summed E-state index contributed by atoms with van der Waals surface area (Å²) in [5.74, 6) is 0.846. The lowest BCUT2D eigenvalue weighted by Gasteiger charge is -2.26. The highest BCUT2D eigenvalue weighted by Gasteiger charge is 2.51. The second-order valence-electron chi connectivity index (χ2n) is 10.8. The predicted octanol–water partition coefficient (Wildman–Crippen LogP) is 5.12. The average Bonchev–Trinajstić information content (AvgIpc) is 3.65. The molecular weight excluding hydrogens is 472 g/mol. The summed E-state index contributed by atoms with van der Waals surface area (Å²) in [6.07, 6.45) is 14.4. The van der Waals surface area contributed by atoms with Crippen molar-refractivity contribution >= 4 is 11.9 Å². The molecule has 2 saturated heterocycles. The number of amides is 1. The number of hydrogen-bond donors (Lipinski definition) is 2. The third-order valence-corrected chi connectivity index (χ3v) is 8.29. The van der Waals surface area contributed by atoms with E-state index in [1.807, 2.05) is 18.2 Å². The van der Waals surface area contributed by atoms with Crippen molar-refractivity contribution in [2.24, 2.45) is 11.8 Å². The Morgan fingerprint density at radius 1 is 1.05 bits per heavy atom. The molecule has 37 heavy (non-hydrogen) atoms. The van der Waals surface area contributed by atoms with Crippen molar-refractivity contribution in [2.75, 3.05) is 13.2 Å². The third kappa shape index (κ3) is 6.35. The number of ether oxygens (including phenoxy) is 2. The summed E-state index contributed by atoms with van der Waals surface area (Å²) in [4.78, 5) is 28.3. The van der Waals surface area contributed by atoms with Crippen LogP contribution in [0, 0.1) is 11.8 Å². The minimum atomic E-state index is -1.01. The maximum Gasteiger partial charge on any atom is 0.341 e. The fourth-order valence-corrected chi connectivity index (χ4v) is 6.45. The van der Waals surface area contributed by atoms with E-state index in [0.717, 1.165) is 37.2 Å². The second-order valence-corrected chi connectivity index (χ2v) is 10.8. The zero-order chi connectivity index (χ0) is 25.6. The number of oxazole rings is 1. The van der Waals surface area contributed by atoms with Crippen LogP contribution >= 0.6 is 0 Å². The second kappa shape index (κ2) is 12.1. The molecule has 1 aromatic carbocycles. The Labute approximate surface area is 218 Å². The quantitative estimate of drug-likeness (QED) is 0.381. The van der Waals surface area contributed by atoms with Crippen LogP contribution in [0.5, 0.6) is 5.75 Å². The van der Waals surface area contributed by atoms with Crippen LogP contribution in [0.15, 0.2) is 34.9 Å². The summed E-state index contributed by atoms with van der Waals surface area (Å²) >= 11 is 0. The Balaban J connectivity index is 1.17. The summed E-state index contributed by atoms with van der Waals surface area (Å²) in [5, 5.41) is 12.0. The van der Waals surface area contributed by atoms with Crippen molar-refractivity contribution in [3.63, 3.8) is 0 Å². The topological polar surface area (TPSA) is 111 Å². The molecule has 2 aromatic rings. The Morgan fingerprint density at radius 3 is 2.70 bits per heavy atom. The molecule has 5 rings (SSSR count). The molecule has 3 fully saturated rings. The minimum Gasteiger partial charge on any atom is -0.482 e. The number of aromatic nitrogens is 1. The van der Waals surface area contributed by atoms with Gasteiger partial charge in [0, 0.05) is 12.5 Å². The van der Waals surface area contributed by atoms with E-state index in [2.05, 4.69) is 10.3 Å². The first-order chi connectivity index (χ1) is 18.1. The molecule has 8 nitrogen and oxygen atoms in total. The van der Waals surface area contributed by atoms with E-state index >= 15 is 0 Å². The molecule has 1 saturated carbocycles. The van der Waals surface area contributed by atoms with Crippen molar-refractivity contribution in [1.29, 1.82) is 0 Å². The van der Waals surface area contributed by atoms with Crippen LogP contribution in [0.4, 0.5) is 0 Å². The first-order valence-electron chi connectivity index (χ1n) is 13.9. The van der Waals surface area contributed by atoms with E-state index in [0.29, 0.717) is 30.3 Å². The van der Waals surface area contributed by atoms with Crippen LogP contribution < -0.4 is 10.1 Å². The number of nitrogens with zero attached hydrogens (tertiary/aromatic N) is 1. The highest BCUT2D eigenvalue weighted by atomic mass is 16.5. The molecule has 4 atom stereocenters. The van der Waals surface area contributed by atoms with Crippen LogP contribution in [-0.4, -0.2) is 47.3 Å². The van der Waals surface area contributed by atoms with E-state index in [1.54, 1.807) is 6.07 Å². The normalized spacial score (nSPS) is 25.3. The predicted molar refractivity (Wildman–Crippen MR) is 137 cm³/mol. The number of fused-ring (bicyclic) bond motifs is 2. The number of carboxylic acids is 1. The molecule has 0 spiro atoms. The summed E-state index contributed by atoms with van der Waals surface area (Å²) in [6, 6.07) is 7.52. The number of para-hydroxylation sites is 1. The molecule has 0 unspecified atom stereocenters. The summed E-state index contributed by atoms with van der Waals surface area (Å²) in [6.45, 7) is 0.271. The van der Waals surface area contributed by atoms with Gasteiger partial charge in [-0.2, -0.15) is 0 Å². The van der Waals surface area contributed by atoms with Crippen LogP contribution in [0.25, 0.3) is 0 Å². The Bertz CT molecular complexity index is 1060. The van der Waals surface area contributed by atoms with Gasteiger partial charge in [-0.15, -0.1) is 0 Å². The van der Waals surface area contributed by atoms with Crippen molar-refractivity contribution in [2.45, 2.75) is 88.8 Å². The molecule has 2 aliphatic heterocycles. The summed E-state index contributed by atoms with van der Waals surface area (Å²) in [7, 11) is 0. The first-order valence-corrected chi connectivity index (χ1v) is 13.9. The third-order valence-electron chi connectivity index (χ3n) is 8.29. The van der Waals surface area contributed by atoms with Gasteiger partial charge < -0.3 is 24.3 Å². The molecule has 1 aliphatic carbocycles. The van der Waals surface area contributed by atoms with Crippen molar-refractivity contribution in [1.82, 2.24) is 10.3 Å². The first kappa shape index (κ1) is 25.8. The number of carboxylic acid groups (broad SMARTS) is 1. The lowest BCUT2D eigenvalue weighted by molar-refractivity contribution is -0.139. The fourth-order valence-electron chi connectivity index (χ4n) is 6.45. The summed E-state index contributed by atoms with van der Waals surface area (Å²) < 4.78 is 17.6. The molecular formula is C29H38N2O6. The zero-order valence-electron chi connectivity index (χ0n) is 21.4.